The molecule has 17 heavy (non-hydrogen) atoms. The summed E-state index contributed by atoms with van der Waals surface area (Å²) in [5.41, 5.74) is 0.479. The lowest BCUT2D eigenvalue weighted by Gasteiger charge is -2.41. The normalized spacial score (nSPS) is 31.2. The van der Waals surface area contributed by atoms with Gasteiger partial charge in [0.2, 0.25) is 0 Å². The Kier molecular flexibility index (Phi) is 4.48. The molecular formula is C15H29NO. The van der Waals surface area contributed by atoms with Crippen molar-refractivity contribution >= 4 is 0 Å². The van der Waals surface area contributed by atoms with Gasteiger partial charge in [0.05, 0.1) is 6.10 Å². The molecule has 0 amide bonds. The molecule has 0 aliphatic heterocycles. The van der Waals surface area contributed by atoms with Crippen LogP contribution in [0.5, 0.6) is 0 Å². The standard InChI is InChI=1S/C15H29NO/c1-15(2,13-4-3-5-13)11-16-10-12-6-8-14(17)9-7-12/h12-14,16-17H,3-11H2,1-2H3. The highest BCUT2D eigenvalue weighted by Gasteiger charge is 2.33. The van der Waals surface area contributed by atoms with E-state index in [4.69, 9.17) is 0 Å². The second kappa shape index (κ2) is 5.71. The molecule has 2 N–H and O–H groups in total. The number of nitrogens with one attached hydrogen (secondary N) is 1. The lowest BCUT2D eigenvalue weighted by atomic mass is 9.67. The van der Waals surface area contributed by atoms with Crippen molar-refractivity contribution in [3.63, 3.8) is 0 Å². The minimum absolute atomic E-state index is 0.0160. The summed E-state index contributed by atoms with van der Waals surface area (Å²) < 4.78 is 0. The van der Waals surface area contributed by atoms with Gasteiger partial charge in [0.15, 0.2) is 0 Å². The van der Waals surface area contributed by atoms with Crippen molar-refractivity contribution in [1.82, 2.24) is 5.32 Å². The topological polar surface area (TPSA) is 32.3 Å². The van der Waals surface area contributed by atoms with Crippen LogP contribution in [-0.4, -0.2) is 24.3 Å². The minimum Gasteiger partial charge on any atom is -0.393 e. The Balaban J connectivity index is 1.62. The van der Waals surface area contributed by atoms with Crippen molar-refractivity contribution in [1.29, 1.82) is 0 Å². The summed E-state index contributed by atoms with van der Waals surface area (Å²) in [5.74, 6) is 1.75. The van der Waals surface area contributed by atoms with Gasteiger partial charge in [-0.3, -0.25) is 0 Å². The Morgan fingerprint density at radius 3 is 2.24 bits per heavy atom. The van der Waals surface area contributed by atoms with Crippen LogP contribution < -0.4 is 5.32 Å². The quantitative estimate of drug-likeness (QED) is 0.773. The number of hydrogen-bond donors (Lipinski definition) is 2. The molecule has 100 valence electrons. The Morgan fingerprint density at radius 2 is 1.71 bits per heavy atom. The Hall–Kier alpha value is -0.0800. The van der Waals surface area contributed by atoms with E-state index >= 15 is 0 Å². The summed E-state index contributed by atoms with van der Waals surface area (Å²) in [7, 11) is 0. The first kappa shape index (κ1) is 13.4. The molecule has 0 aromatic carbocycles. The molecule has 2 saturated carbocycles. The first-order chi connectivity index (χ1) is 8.08. The van der Waals surface area contributed by atoms with E-state index in [0.717, 1.165) is 37.8 Å². The maximum absolute atomic E-state index is 9.47. The van der Waals surface area contributed by atoms with Crippen LogP contribution in [0.25, 0.3) is 0 Å². The molecule has 0 aromatic heterocycles. The Bertz CT molecular complexity index is 227. The van der Waals surface area contributed by atoms with Gasteiger partial charge >= 0.3 is 0 Å². The third kappa shape index (κ3) is 3.69. The Morgan fingerprint density at radius 1 is 1.06 bits per heavy atom. The van der Waals surface area contributed by atoms with Crippen molar-refractivity contribution in [2.24, 2.45) is 17.3 Å². The molecule has 0 bridgehead atoms. The number of aliphatic hydroxyl groups is 1. The maximum atomic E-state index is 9.47. The summed E-state index contributed by atoms with van der Waals surface area (Å²) in [6, 6.07) is 0. The first-order valence-electron chi connectivity index (χ1n) is 7.47. The predicted octanol–water partition coefficient (Wildman–Crippen LogP) is 2.95. The van der Waals surface area contributed by atoms with Crippen LogP contribution >= 0.6 is 0 Å². The van der Waals surface area contributed by atoms with Gasteiger partial charge in [-0.15, -0.1) is 0 Å². The van der Waals surface area contributed by atoms with E-state index in [2.05, 4.69) is 19.2 Å². The fourth-order valence-corrected chi connectivity index (χ4v) is 3.28. The number of aliphatic hydroxyl groups excluding tert-OH is 1. The van der Waals surface area contributed by atoms with Crippen LogP contribution in [0.4, 0.5) is 0 Å². The largest absolute Gasteiger partial charge is 0.393 e. The fraction of sp³-hybridized carbons (Fsp3) is 1.00. The van der Waals surface area contributed by atoms with Gasteiger partial charge in [0.1, 0.15) is 0 Å². The van der Waals surface area contributed by atoms with Crippen molar-refractivity contribution < 1.29 is 5.11 Å². The lowest BCUT2D eigenvalue weighted by molar-refractivity contribution is 0.0991. The molecule has 0 unspecified atom stereocenters. The summed E-state index contributed by atoms with van der Waals surface area (Å²) in [6.45, 7) is 7.14. The predicted molar refractivity (Wildman–Crippen MR) is 72.0 cm³/mol. The van der Waals surface area contributed by atoms with Gasteiger partial charge in [-0.2, -0.15) is 0 Å². The van der Waals surface area contributed by atoms with E-state index in [9.17, 15) is 5.11 Å². The second-order valence-electron chi connectivity index (χ2n) is 6.92. The molecule has 0 aromatic rings. The van der Waals surface area contributed by atoms with E-state index in [1.807, 2.05) is 0 Å². The average Bonchev–Trinajstić information content (AvgIpc) is 2.17. The molecule has 2 nitrogen and oxygen atoms in total. The highest BCUT2D eigenvalue weighted by Crippen LogP contribution is 2.41. The fourth-order valence-electron chi connectivity index (χ4n) is 3.28. The van der Waals surface area contributed by atoms with Crippen LogP contribution in [0, 0.1) is 17.3 Å². The maximum Gasteiger partial charge on any atom is 0.0540 e. The molecule has 0 atom stereocenters. The minimum atomic E-state index is -0.0160. The van der Waals surface area contributed by atoms with Gasteiger partial charge in [0.25, 0.3) is 0 Å². The highest BCUT2D eigenvalue weighted by molar-refractivity contribution is 4.86. The zero-order valence-corrected chi connectivity index (χ0v) is 11.5. The molecule has 0 heterocycles. The molecule has 2 rings (SSSR count). The monoisotopic (exact) mass is 239 g/mol. The zero-order valence-electron chi connectivity index (χ0n) is 11.5. The molecule has 2 heteroatoms. The number of rotatable bonds is 5. The zero-order chi connectivity index (χ0) is 12.3. The smallest absolute Gasteiger partial charge is 0.0540 e. The van der Waals surface area contributed by atoms with Crippen molar-refractivity contribution in [3.8, 4) is 0 Å². The second-order valence-corrected chi connectivity index (χ2v) is 6.92. The SMILES string of the molecule is CC(C)(CNCC1CCC(O)CC1)C1CCC1. The molecule has 2 aliphatic rings. The molecule has 0 saturated heterocycles. The molecular weight excluding hydrogens is 210 g/mol. The third-order valence-corrected chi connectivity index (χ3v) is 5.04. The van der Waals surface area contributed by atoms with E-state index < -0.39 is 0 Å². The summed E-state index contributed by atoms with van der Waals surface area (Å²) in [6.07, 6.45) is 8.73. The molecule has 2 fully saturated rings. The van der Waals surface area contributed by atoms with E-state index in [-0.39, 0.29) is 6.10 Å². The summed E-state index contributed by atoms with van der Waals surface area (Å²) >= 11 is 0. The van der Waals surface area contributed by atoms with Crippen LogP contribution in [0.2, 0.25) is 0 Å². The van der Waals surface area contributed by atoms with E-state index in [1.54, 1.807) is 0 Å². The van der Waals surface area contributed by atoms with Crippen LogP contribution in [0.1, 0.15) is 58.8 Å². The van der Waals surface area contributed by atoms with Crippen LogP contribution in [-0.2, 0) is 0 Å². The van der Waals surface area contributed by atoms with Gasteiger partial charge in [-0.05, 0) is 62.3 Å². The van der Waals surface area contributed by atoms with Crippen molar-refractivity contribution in [2.45, 2.75) is 64.9 Å². The van der Waals surface area contributed by atoms with Gasteiger partial charge in [0, 0.05) is 6.54 Å². The van der Waals surface area contributed by atoms with Crippen LogP contribution in [0.3, 0.4) is 0 Å². The van der Waals surface area contributed by atoms with Crippen molar-refractivity contribution in [3.05, 3.63) is 0 Å². The lowest BCUT2D eigenvalue weighted by Crippen LogP contribution is -2.40. The average molecular weight is 239 g/mol. The van der Waals surface area contributed by atoms with E-state index in [1.165, 1.54) is 32.1 Å². The molecule has 2 aliphatic carbocycles. The molecule has 0 spiro atoms. The van der Waals surface area contributed by atoms with Crippen molar-refractivity contribution in [2.75, 3.05) is 13.1 Å². The van der Waals surface area contributed by atoms with Crippen LogP contribution in [0.15, 0.2) is 0 Å². The summed E-state index contributed by atoms with van der Waals surface area (Å²) in [5, 5.41) is 13.2. The van der Waals surface area contributed by atoms with Gasteiger partial charge < -0.3 is 10.4 Å². The summed E-state index contributed by atoms with van der Waals surface area (Å²) in [4.78, 5) is 0. The first-order valence-corrected chi connectivity index (χ1v) is 7.47. The Labute approximate surface area is 106 Å². The highest BCUT2D eigenvalue weighted by atomic mass is 16.3. The molecule has 0 radical (unpaired) electrons. The van der Waals surface area contributed by atoms with Gasteiger partial charge in [-0.25, -0.2) is 0 Å². The number of hydrogen-bond acceptors (Lipinski definition) is 2. The van der Waals surface area contributed by atoms with E-state index in [0.29, 0.717) is 5.41 Å². The third-order valence-electron chi connectivity index (χ3n) is 5.04. The van der Waals surface area contributed by atoms with Gasteiger partial charge in [-0.1, -0.05) is 20.3 Å².